The van der Waals surface area contributed by atoms with Crippen LogP contribution in [0.25, 0.3) is 0 Å². The van der Waals surface area contributed by atoms with Crippen molar-refractivity contribution in [3.05, 3.63) is 29.3 Å². The summed E-state index contributed by atoms with van der Waals surface area (Å²) >= 11 is 1.65. The highest BCUT2D eigenvalue weighted by atomic mass is 32.2. The van der Waals surface area contributed by atoms with Gasteiger partial charge in [-0.05, 0) is 37.8 Å². The molecule has 2 fully saturated rings. The fraction of sp³-hybridized carbons (Fsp3) is 0.529. The lowest BCUT2D eigenvalue weighted by Gasteiger charge is -2.23. The molecule has 3 atom stereocenters. The maximum absolute atomic E-state index is 12.6. The third-order valence-corrected chi connectivity index (χ3v) is 5.55. The first kappa shape index (κ1) is 15.4. The Hall–Kier alpha value is -1.49. The second-order valence-electron chi connectivity index (χ2n) is 6.45. The number of amides is 2. The Morgan fingerprint density at radius 1 is 1.32 bits per heavy atom. The molecule has 1 N–H and O–H groups in total. The highest BCUT2D eigenvalue weighted by molar-refractivity contribution is 7.99. The van der Waals surface area contributed by atoms with Crippen LogP contribution in [0.2, 0.25) is 0 Å². The summed E-state index contributed by atoms with van der Waals surface area (Å²) < 4.78 is 0. The van der Waals surface area contributed by atoms with Gasteiger partial charge >= 0.3 is 0 Å². The summed E-state index contributed by atoms with van der Waals surface area (Å²) in [5.74, 6) is 2.00. The Morgan fingerprint density at radius 3 is 2.68 bits per heavy atom. The molecular weight excluding hydrogens is 296 g/mol. The summed E-state index contributed by atoms with van der Waals surface area (Å²) in [7, 11) is 0. The molecule has 22 heavy (non-hydrogen) atoms. The molecule has 1 heterocycles. The normalized spacial score (nSPS) is 26.9. The fourth-order valence-electron chi connectivity index (χ4n) is 2.93. The van der Waals surface area contributed by atoms with Crippen LogP contribution >= 0.6 is 11.8 Å². The standard InChI is InChI=1S/C17H22N2O2S/c1-10-4-5-14(12(3)6-10)18-16(20)15-8-22-9-19(15)17(21)13-7-11(13)2/h4-6,11,13,15H,7-9H2,1-3H3,(H,18,20)/t11-,13-,15+/m1/s1. The molecule has 3 rings (SSSR count). The predicted molar refractivity (Wildman–Crippen MR) is 89.8 cm³/mol. The van der Waals surface area contributed by atoms with Crippen LogP contribution in [0.1, 0.15) is 24.5 Å². The summed E-state index contributed by atoms with van der Waals surface area (Å²) in [5, 5.41) is 2.99. The Bertz CT molecular complexity index is 617. The van der Waals surface area contributed by atoms with Crippen molar-refractivity contribution in [3.63, 3.8) is 0 Å². The average molecular weight is 318 g/mol. The lowest BCUT2D eigenvalue weighted by atomic mass is 10.1. The van der Waals surface area contributed by atoms with Gasteiger partial charge in [0.15, 0.2) is 0 Å². The molecule has 5 heteroatoms. The van der Waals surface area contributed by atoms with Crippen molar-refractivity contribution in [1.29, 1.82) is 0 Å². The number of anilines is 1. The molecule has 0 aromatic heterocycles. The Kier molecular flexibility index (Phi) is 4.17. The zero-order chi connectivity index (χ0) is 15.9. The topological polar surface area (TPSA) is 49.4 Å². The van der Waals surface area contributed by atoms with Gasteiger partial charge in [0.1, 0.15) is 6.04 Å². The van der Waals surface area contributed by atoms with Gasteiger partial charge in [0.25, 0.3) is 0 Å². The summed E-state index contributed by atoms with van der Waals surface area (Å²) in [6.45, 7) is 6.11. The summed E-state index contributed by atoms with van der Waals surface area (Å²) in [4.78, 5) is 26.8. The fourth-order valence-corrected chi connectivity index (χ4v) is 4.09. The van der Waals surface area contributed by atoms with Crippen molar-refractivity contribution in [1.82, 2.24) is 4.90 Å². The van der Waals surface area contributed by atoms with Gasteiger partial charge in [-0.1, -0.05) is 24.6 Å². The third-order valence-electron chi connectivity index (χ3n) is 4.53. The van der Waals surface area contributed by atoms with E-state index in [0.717, 1.165) is 17.7 Å². The van der Waals surface area contributed by atoms with E-state index in [2.05, 4.69) is 12.2 Å². The van der Waals surface area contributed by atoms with Crippen LogP contribution < -0.4 is 5.32 Å². The minimum absolute atomic E-state index is 0.0707. The van der Waals surface area contributed by atoms with Gasteiger partial charge in [0.05, 0.1) is 5.88 Å². The van der Waals surface area contributed by atoms with E-state index >= 15 is 0 Å². The Morgan fingerprint density at radius 2 is 2.05 bits per heavy atom. The number of hydrogen-bond donors (Lipinski definition) is 1. The second-order valence-corrected chi connectivity index (χ2v) is 7.45. The molecule has 1 saturated heterocycles. The average Bonchev–Trinajstić information content (AvgIpc) is 3.01. The number of carbonyl (C=O) groups is 2. The van der Waals surface area contributed by atoms with E-state index in [1.54, 1.807) is 16.7 Å². The minimum Gasteiger partial charge on any atom is -0.324 e. The largest absolute Gasteiger partial charge is 0.324 e. The number of benzene rings is 1. The second kappa shape index (κ2) is 5.95. The smallest absolute Gasteiger partial charge is 0.248 e. The minimum atomic E-state index is -0.342. The van der Waals surface area contributed by atoms with E-state index < -0.39 is 0 Å². The number of rotatable bonds is 3. The van der Waals surface area contributed by atoms with Crippen LogP contribution in [-0.4, -0.2) is 34.4 Å². The van der Waals surface area contributed by atoms with Crippen molar-refractivity contribution < 1.29 is 9.59 Å². The molecule has 0 unspecified atom stereocenters. The van der Waals surface area contributed by atoms with Crippen LogP contribution in [-0.2, 0) is 9.59 Å². The molecule has 2 aliphatic rings. The summed E-state index contributed by atoms with van der Waals surface area (Å²) in [5.41, 5.74) is 3.05. The molecule has 1 aliphatic heterocycles. The predicted octanol–water partition coefficient (Wildman–Crippen LogP) is 2.80. The number of thioether (sulfide) groups is 1. The number of aryl methyl sites for hydroxylation is 2. The van der Waals surface area contributed by atoms with E-state index in [0.29, 0.717) is 17.5 Å². The first-order valence-electron chi connectivity index (χ1n) is 7.73. The first-order valence-corrected chi connectivity index (χ1v) is 8.89. The summed E-state index contributed by atoms with van der Waals surface area (Å²) in [6.07, 6.45) is 0.964. The Balaban J connectivity index is 1.69. The van der Waals surface area contributed by atoms with Gasteiger partial charge < -0.3 is 10.2 Å². The zero-order valence-electron chi connectivity index (χ0n) is 13.3. The van der Waals surface area contributed by atoms with Crippen LogP contribution in [0.3, 0.4) is 0 Å². The maximum Gasteiger partial charge on any atom is 0.248 e. The molecule has 0 radical (unpaired) electrons. The van der Waals surface area contributed by atoms with Gasteiger partial charge in [-0.3, -0.25) is 9.59 Å². The van der Waals surface area contributed by atoms with E-state index in [1.807, 2.05) is 32.0 Å². The molecule has 0 spiro atoms. The van der Waals surface area contributed by atoms with Crippen LogP contribution in [0, 0.1) is 25.7 Å². The van der Waals surface area contributed by atoms with Gasteiger partial charge in [-0.2, -0.15) is 0 Å². The highest BCUT2D eigenvalue weighted by Crippen LogP contribution is 2.41. The lowest BCUT2D eigenvalue weighted by Crippen LogP contribution is -2.45. The van der Waals surface area contributed by atoms with Crippen molar-refractivity contribution >= 4 is 29.3 Å². The zero-order valence-corrected chi connectivity index (χ0v) is 14.1. The first-order chi connectivity index (χ1) is 10.5. The molecule has 118 valence electrons. The third kappa shape index (κ3) is 3.00. The van der Waals surface area contributed by atoms with Crippen LogP contribution in [0.4, 0.5) is 5.69 Å². The van der Waals surface area contributed by atoms with Crippen molar-refractivity contribution in [2.75, 3.05) is 16.9 Å². The molecule has 0 bridgehead atoms. The van der Waals surface area contributed by atoms with Gasteiger partial charge in [0, 0.05) is 17.4 Å². The molecular formula is C17H22N2O2S. The van der Waals surface area contributed by atoms with E-state index in [-0.39, 0.29) is 23.8 Å². The maximum atomic E-state index is 12.6. The van der Waals surface area contributed by atoms with Crippen molar-refractivity contribution in [3.8, 4) is 0 Å². The van der Waals surface area contributed by atoms with Crippen LogP contribution in [0.15, 0.2) is 18.2 Å². The highest BCUT2D eigenvalue weighted by Gasteiger charge is 2.45. The van der Waals surface area contributed by atoms with Crippen molar-refractivity contribution in [2.24, 2.45) is 11.8 Å². The van der Waals surface area contributed by atoms with Gasteiger partial charge in [0.2, 0.25) is 11.8 Å². The van der Waals surface area contributed by atoms with Gasteiger partial charge in [-0.25, -0.2) is 0 Å². The number of nitrogens with one attached hydrogen (secondary N) is 1. The molecule has 1 aromatic rings. The monoisotopic (exact) mass is 318 g/mol. The molecule has 4 nitrogen and oxygen atoms in total. The van der Waals surface area contributed by atoms with Crippen LogP contribution in [0.5, 0.6) is 0 Å². The van der Waals surface area contributed by atoms with Gasteiger partial charge in [-0.15, -0.1) is 11.8 Å². The quantitative estimate of drug-likeness (QED) is 0.932. The number of nitrogens with zero attached hydrogens (tertiary/aromatic N) is 1. The van der Waals surface area contributed by atoms with E-state index in [9.17, 15) is 9.59 Å². The number of carbonyl (C=O) groups excluding carboxylic acids is 2. The molecule has 1 saturated carbocycles. The molecule has 2 amide bonds. The summed E-state index contributed by atoms with van der Waals surface area (Å²) in [6, 6.07) is 5.63. The lowest BCUT2D eigenvalue weighted by molar-refractivity contribution is -0.137. The Labute approximate surface area is 135 Å². The van der Waals surface area contributed by atoms with Crippen molar-refractivity contribution in [2.45, 2.75) is 33.2 Å². The number of hydrogen-bond acceptors (Lipinski definition) is 3. The molecule has 1 aliphatic carbocycles. The molecule has 1 aromatic carbocycles. The van der Waals surface area contributed by atoms with E-state index in [1.165, 1.54) is 5.56 Å². The SMILES string of the molecule is Cc1ccc(NC(=O)[C@@H]2CSCN2C(=O)[C@@H]2C[C@H]2C)c(C)c1. The van der Waals surface area contributed by atoms with E-state index in [4.69, 9.17) is 0 Å².